The Morgan fingerprint density at radius 1 is 1.25 bits per heavy atom. The average Bonchev–Trinajstić information content (AvgIpc) is 2.45. The summed E-state index contributed by atoms with van der Waals surface area (Å²) in [5.74, 6) is -0.990. The fourth-order valence-electron chi connectivity index (χ4n) is 1.92. The Hall–Kier alpha value is -2.04. The Balaban J connectivity index is 2.64. The van der Waals surface area contributed by atoms with Crippen molar-refractivity contribution in [2.75, 3.05) is 6.54 Å². The van der Waals surface area contributed by atoms with E-state index in [-0.39, 0.29) is 6.03 Å². The van der Waals surface area contributed by atoms with Gasteiger partial charge in [0.1, 0.15) is 6.04 Å². The molecule has 1 rings (SSSR count). The lowest BCUT2D eigenvalue weighted by atomic mass is 10.1. The van der Waals surface area contributed by atoms with E-state index in [1.54, 1.807) is 4.90 Å². The van der Waals surface area contributed by atoms with Gasteiger partial charge in [-0.15, -0.1) is 0 Å². The number of amides is 2. The van der Waals surface area contributed by atoms with Crippen LogP contribution in [0.15, 0.2) is 30.3 Å². The molecule has 0 bridgehead atoms. The fourth-order valence-corrected chi connectivity index (χ4v) is 1.92. The second-order valence-electron chi connectivity index (χ2n) is 4.63. The van der Waals surface area contributed by atoms with Crippen LogP contribution >= 0.6 is 0 Å². The molecule has 1 aromatic carbocycles. The third-order valence-corrected chi connectivity index (χ3v) is 3.06. The van der Waals surface area contributed by atoms with Gasteiger partial charge in [-0.05, 0) is 18.9 Å². The van der Waals surface area contributed by atoms with Gasteiger partial charge >= 0.3 is 12.0 Å². The molecule has 0 aromatic heterocycles. The van der Waals surface area contributed by atoms with Crippen LogP contribution in [0, 0.1) is 0 Å². The maximum Gasteiger partial charge on any atom is 0.326 e. The highest BCUT2D eigenvalue weighted by Gasteiger charge is 2.21. The van der Waals surface area contributed by atoms with Gasteiger partial charge in [-0.25, -0.2) is 9.59 Å². The molecule has 5 nitrogen and oxygen atoms in total. The molecular formula is C15H22N2O3. The molecule has 0 aliphatic heterocycles. The van der Waals surface area contributed by atoms with Crippen molar-refractivity contribution in [1.29, 1.82) is 0 Å². The van der Waals surface area contributed by atoms with Crippen molar-refractivity contribution in [3.05, 3.63) is 35.9 Å². The normalized spacial score (nSPS) is 11.7. The Morgan fingerprint density at radius 2 is 1.90 bits per heavy atom. The third kappa shape index (κ3) is 4.91. The lowest BCUT2D eigenvalue weighted by Gasteiger charge is -2.24. The minimum Gasteiger partial charge on any atom is -0.480 e. The number of nitrogens with zero attached hydrogens (tertiary/aromatic N) is 1. The Kier molecular flexibility index (Phi) is 6.56. The van der Waals surface area contributed by atoms with Crippen LogP contribution in [0.25, 0.3) is 0 Å². The average molecular weight is 278 g/mol. The molecule has 1 atom stereocenters. The van der Waals surface area contributed by atoms with E-state index in [0.29, 0.717) is 25.9 Å². The van der Waals surface area contributed by atoms with Gasteiger partial charge in [0.15, 0.2) is 0 Å². The van der Waals surface area contributed by atoms with Gasteiger partial charge in [0.2, 0.25) is 0 Å². The van der Waals surface area contributed by atoms with Crippen molar-refractivity contribution in [2.24, 2.45) is 0 Å². The van der Waals surface area contributed by atoms with E-state index in [1.165, 1.54) is 0 Å². The minimum absolute atomic E-state index is 0.336. The van der Waals surface area contributed by atoms with Crippen molar-refractivity contribution in [2.45, 2.75) is 39.3 Å². The van der Waals surface area contributed by atoms with Crippen molar-refractivity contribution in [3.8, 4) is 0 Å². The van der Waals surface area contributed by atoms with Crippen molar-refractivity contribution in [1.82, 2.24) is 10.2 Å². The highest BCUT2D eigenvalue weighted by atomic mass is 16.4. The van der Waals surface area contributed by atoms with Crippen LogP contribution in [0.4, 0.5) is 4.79 Å². The van der Waals surface area contributed by atoms with Crippen molar-refractivity contribution in [3.63, 3.8) is 0 Å². The van der Waals surface area contributed by atoms with Gasteiger partial charge in [-0.2, -0.15) is 0 Å². The first-order valence-electron chi connectivity index (χ1n) is 6.90. The molecule has 0 saturated carbocycles. The predicted molar refractivity (Wildman–Crippen MR) is 77.4 cm³/mol. The summed E-state index contributed by atoms with van der Waals surface area (Å²) in [5.41, 5.74) is 1.02. The largest absolute Gasteiger partial charge is 0.480 e. The molecule has 0 unspecified atom stereocenters. The molecule has 0 aliphatic rings. The van der Waals surface area contributed by atoms with Gasteiger partial charge in [0, 0.05) is 13.1 Å². The Labute approximate surface area is 119 Å². The fraction of sp³-hybridized carbons (Fsp3) is 0.467. The number of carboxylic acids is 1. The quantitative estimate of drug-likeness (QED) is 0.805. The number of hydrogen-bond acceptors (Lipinski definition) is 2. The first-order valence-corrected chi connectivity index (χ1v) is 6.90. The molecule has 2 N–H and O–H groups in total. The summed E-state index contributed by atoms with van der Waals surface area (Å²) in [6.45, 7) is 4.77. The van der Waals surface area contributed by atoms with Gasteiger partial charge in [-0.1, -0.05) is 43.7 Å². The number of benzene rings is 1. The lowest BCUT2D eigenvalue weighted by molar-refractivity contribution is -0.139. The van der Waals surface area contributed by atoms with Crippen LogP contribution in [-0.4, -0.2) is 34.6 Å². The van der Waals surface area contributed by atoms with Crippen LogP contribution in [-0.2, 0) is 11.3 Å². The van der Waals surface area contributed by atoms with Crippen molar-refractivity contribution >= 4 is 12.0 Å². The van der Waals surface area contributed by atoms with E-state index in [2.05, 4.69) is 5.32 Å². The molecule has 2 amide bonds. The summed E-state index contributed by atoms with van der Waals surface area (Å²) in [7, 11) is 0. The zero-order valence-corrected chi connectivity index (χ0v) is 12.0. The molecule has 0 spiro atoms. The topological polar surface area (TPSA) is 69.6 Å². The molecule has 5 heteroatoms. The number of carboxylic acid groups (broad SMARTS) is 1. The van der Waals surface area contributed by atoms with Crippen LogP contribution in [0.2, 0.25) is 0 Å². The zero-order valence-electron chi connectivity index (χ0n) is 12.0. The minimum atomic E-state index is -0.990. The molecule has 0 fully saturated rings. The third-order valence-electron chi connectivity index (χ3n) is 3.06. The highest BCUT2D eigenvalue weighted by Crippen LogP contribution is 2.06. The predicted octanol–water partition coefficient (Wildman–Crippen LogP) is 2.47. The highest BCUT2D eigenvalue weighted by molar-refractivity contribution is 5.82. The first-order chi connectivity index (χ1) is 9.58. The number of carbonyl (C=O) groups is 2. The second kappa shape index (κ2) is 8.19. The van der Waals surface area contributed by atoms with E-state index in [4.69, 9.17) is 5.11 Å². The number of hydrogen-bond donors (Lipinski definition) is 2. The number of urea groups is 1. The molecule has 0 aliphatic carbocycles. The molecule has 110 valence electrons. The zero-order chi connectivity index (χ0) is 15.0. The number of carbonyl (C=O) groups excluding carboxylic acids is 1. The van der Waals surface area contributed by atoms with Crippen molar-refractivity contribution < 1.29 is 14.7 Å². The number of rotatable bonds is 7. The molecule has 20 heavy (non-hydrogen) atoms. The Bertz CT molecular complexity index is 434. The second-order valence-corrected chi connectivity index (χ2v) is 4.63. The van der Waals surface area contributed by atoms with Gasteiger partial charge in [-0.3, -0.25) is 0 Å². The van der Waals surface area contributed by atoms with E-state index >= 15 is 0 Å². The van der Waals surface area contributed by atoms with Crippen LogP contribution in [0.3, 0.4) is 0 Å². The Morgan fingerprint density at radius 3 is 2.40 bits per heavy atom. The summed E-state index contributed by atoms with van der Waals surface area (Å²) >= 11 is 0. The van der Waals surface area contributed by atoms with Gasteiger partial charge in [0.25, 0.3) is 0 Å². The standard InChI is InChI=1S/C15H22N2O3/c1-3-8-13(14(18)19)16-15(20)17(4-2)11-12-9-6-5-7-10-12/h5-7,9-10,13H,3-4,8,11H2,1-2H3,(H,16,20)(H,18,19)/t13-/m0/s1. The maximum absolute atomic E-state index is 12.1. The summed E-state index contributed by atoms with van der Waals surface area (Å²) < 4.78 is 0. The SMILES string of the molecule is CCC[C@H](NC(=O)N(CC)Cc1ccccc1)C(=O)O. The first kappa shape index (κ1) is 16.0. The van der Waals surface area contributed by atoms with E-state index in [9.17, 15) is 9.59 Å². The van der Waals surface area contributed by atoms with Gasteiger partial charge < -0.3 is 15.3 Å². The lowest BCUT2D eigenvalue weighted by Crippen LogP contribution is -2.47. The van der Waals surface area contributed by atoms with E-state index in [0.717, 1.165) is 5.56 Å². The number of aliphatic carboxylic acids is 1. The van der Waals surface area contributed by atoms with Crippen LogP contribution in [0.1, 0.15) is 32.3 Å². The molecule has 0 saturated heterocycles. The summed E-state index contributed by atoms with van der Waals surface area (Å²) in [6, 6.07) is 8.47. The monoisotopic (exact) mass is 278 g/mol. The smallest absolute Gasteiger partial charge is 0.326 e. The van der Waals surface area contributed by atoms with Crippen LogP contribution < -0.4 is 5.32 Å². The van der Waals surface area contributed by atoms with E-state index in [1.807, 2.05) is 44.2 Å². The molecular weight excluding hydrogens is 256 g/mol. The molecule has 0 heterocycles. The molecule has 1 aromatic rings. The van der Waals surface area contributed by atoms with E-state index < -0.39 is 12.0 Å². The number of nitrogens with one attached hydrogen (secondary N) is 1. The summed E-state index contributed by atoms with van der Waals surface area (Å²) in [6.07, 6.45) is 1.14. The summed E-state index contributed by atoms with van der Waals surface area (Å²) in [4.78, 5) is 24.8. The molecule has 0 radical (unpaired) electrons. The van der Waals surface area contributed by atoms with Crippen LogP contribution in [0.5, 0.6) is 0 Å². The summed E-state index contributed by atoms with van der Waals surface area (Å²) in [5, 5.41) is 11.6. The maximum atomic E-state index is 12.1. The van der Waals surface area contributed by atoms with Gasteiger partial charge in [0.05, 0.1) is 0 Å².